The molecule has 1 N–H and O–H groups in total. The van der Waals surface area contributed by atoms with Gasteiger partial charge in [0.25, 0.3) is 5.91 Å². The molecular formula is C29H23ClN2O3. The number of ether oxygens (including phenoxy) is 2. The number of para-hydroxylation sites is 1. The Morgan fingerprint density at radius 1 is 1.03 bits per heavy atom. The molecule has 4 rings (SSSR count). The molecular weight excluding hydrogens is 460 g/mol. The van der Waals surface area contributed by atoms with Gasteiger partial charge in [0.05, 0.1) is 17.8 Å². The molecule has 0 unspecified atom stereocenters. The van der Waals surface area contributed by atoms with Gasteiger partial charge >= 0.3 is 0 Å². The van der Waals surface area contributed by atoms with Crippen LogP contribution in [0.5, 0.6) is 11.5 Å². The average molecular weight is 483 g/mol. The maximum atomic E-state index is 12.7. The largest absolute Gasteiger partial charge is 0.493 e. The number of nitrogens with zero attached hydrogens (tertiary/aromatic N) is 1. The fraction of sp³-hybridized carbons (Fsp3) is 0.103. The lowest BCUT2D eigenvalue weighted by atomic mass is 10.1. The lowest BCUT2D eigenvalue weighted by Crippen LogP contribution is -2.14. The molecule has 0 saturated carbocycles. The number of halogens is 1. The summed E-state index contributed by atoms with van der Waals surface area (Å²) in [4.78, 5) is 12.7. The first-order valence-electron chi connectivity index (χ1n) is 11.0. The maximum absolute atomic E-state index is 12.7. The zero-order valence-electron chi connectivity index (χ0n) is 19.3. The quantitative estimate of drug-likeness (QED) is 0.229. The highest BCUT2D eigenvalue weighted by Crippen LogP contribution is 2.31. The van der Waals surface area contributed by atoms with E-state index in [1.807, 2.05) is 43.3 Å². The number of hydrogen-bond acceptors (Lipinski definition) is 4. The molecule has 0 atom stereocenters. The van der Waals surface area contributed by atoms with Crippen molar-refractivity contribution in [2.45, 2.75) is 13.5 Å². The SMILES string of the molecule is COc1cc(/C=C(\C#N)C(=O)Nc2c(C)cccc2Cl)ccc1OCc1cccc2ccccc12. The molecule has 0 aliphatic heterocycles. The summed E-state index contributed by atoms with van der Waals surface area (Å²) in [6, 6.07) is 26.8. The summed E-state index contributed by atoms with van der Waals surface area (Å²) in [6.45, 7) is 2.20. The molecule has 35 heavy (non-hydrogen) atoms. The van der Waals surface area contributed by atoms with Gasteiger partial charge in [-0.15, -0.1) is 0 Å². The molecule has 0 aliphatic rings. The minimum absolute atomic E-state index is 0.0594. The van der Waals surface area contributed by atoms with E-state index in [4.69, 9.17) is 21.1 Å². The lowest BCUT2D eigenvalue weighted by molar-refractivity contribution is -0.112. The topological polar surface area (TPSA) is 71.3 Å². The van der Waals surface area contributed by atoms with Crippen molar-refractivity contribution in [2.75, 3.05) is 12.4 Å². The zero-order chi connectivity index (χ0) is 24.8. The first-order valence-corrected chi connectivity index (χ1v) is 11.3. The van der Waals surface area contributed by atoms with Crippen molar-refractivity contribution in [1.29, 1.82) is 5.26 Å². The molecule has 0 bridgehead atoms. The molecule has 0 aromatic heterocycles. The van der Waals surface area contributed by atoms with Gasteiger partial charge in [-0.25, -0.2) is 0 Å². The molecule has 0 spiro atoms. The predicted octanol–water partition coefficient (Wildman–Crippen LogP) is 6.93. The van der Waals surface area contributed by atoms with Crippen LogP contribution in [0.4, 0.5) is 5.69 Å². The fourth-order valence-electron chi connectivity index (χ4n) is 3.75. The van der Waals surface area contributed by atoms with Crippen molar-refractivity contribution in [3.8, 4) is 17.6 Å². The summed E-state index contributed by atoms with van der Waals surface area (Å²) in [5.41, 5.74) is 2.91. The standard InChI is InChI=1S/C29H23ClN2O3/c1-19-7-5-12-25(30)28(19)32-29(33)23(17-31)15-20-13-14-26(27(16-20)34-2)35-18-22-10-6-9-21-8-3-4-11-24(21)22/h3-16H,18H2,1-2H3,(H,32,33)/b23-15+. The van der Waals surface area contributed by atoms with Gasteiger partial charge in [-0.1, -0.05) is 72.3 Å². The van der Waals surface area contributed by atoms with Gasteiger partial charge in [0.1, 0.15) is 18.2 Å². The normalized spacial score (nSPS) is 11.1. The zero-order valence-corrected chi connectivity index (χ0v) is 20.1. The molecule has 6 heteroatoms. The molecule has 1 amide bonds. The van der Waals surface area contributed by atoms with E-state index in [-0.39, 0.29) is 5.57 Å². The van der Waals surface area contributed by atoms with E-state index in [0.717, 1.165) is 21.9 Å². The van der Waals surface area contributed by atoms with Crippen molar-refractivity contribution in [1.82, 2.24) is 0 Å². The number of carbonyl (C=O) groups excluding carboxylic acids is 1. The smallest absolute Gasteiger partial charge is 0.266 e. The number of nitrogens with one attached hydrogen (secondary N) is 1. The Morgan fingerprint density at radius 3 is 2.57 bits per heavy atom. The van der Waals surface area contributed by atoms with Gasteiger partial charge in [0, 0.05) is 0 Å². The van der Waals surface area contributed by atoms with Crippen molar-refractivity contribution >= 4 is 40.0 Å². The Hall–Kier alpha value is -4.27. The summed E-state index contributed by atoms with van der Waals surface area (Å²) in [5, 5.41) is 15.0. The molecule has 0 radical (unpaired) electrons. The third-order valence-electron chi connectivity index (χ3n) is 5.59. The Balaban J connectivity index is 1.54. The van der Waals surface area contributed by atoms with Gasteiger partial charge in [0.2, 0.25) is 0 Å². The van der Waals surface area contributed by atoms with Crippen LogP contribution in [0.3, 0.4) is 0 Å². The van der Waals surface area contributed by atoms with Gasteiger partial charge in [-0.05, 0) is 58.7 Å². The van der Waals surface area contributed by atoms with Gasteiger partial charge in [-0.2, -0.15) is 5.26 Å². The third kappa shape index (κ3) is 5.46. The van der Waals surface area contributed by atoms with E-state index in [0.29, 0.717) is 34.4 Å². The van der Waals surface area contributed by atoms with E-state index in [1.165, 1.54) is 6.08 Å². The summed E-state index contributed by atoms with van der Waals surface area (Å²) in [6.07, 6.45) is 1.50. The molecule has 0 saturated heterocycles. The number of hydrogen-bond donors (Lipinski definition) is 1. The summed E-state index contributed by atoms with van der Waals surface area (Å²) >= 11 is 6.20. The Labute approximate surface area is 209 Å². The molecule has 4 aromatic carbocycles. The van der Waals surface area contributed by atoms with E-state index in [2.05, 4.69) is 23.5 Å². The Bertz CT molecular complexity index is 1450. The molecule has 0 aliphatic carbocycles. The van der Waals surface area contributed by atoms with Gasteiger partial charge < -0.3 is 14.8 Å². The number of fused-ring (bicyclic) bond motifs is 1. The van der Waals surface area contributed by atoms with Crippen LogP contribution >= 0.6 is 11.6 Å². The summed E-state index contributed by atoms with van der Waals surface area (Å²) in [5.74, 6) is 0.518. The molecule has 0 fully saturated rings. The lowest BCUT2D eigenvalue weighted by Gasteiger charge is -2.13. The minimum atomic E-state index is -0.543. The minimum Gasteiger partial charge on any atom is -0.493 e. The number of nitriles is 1. The van der Waals surface area contributed by atoms with Crippen LogP contribution in [-0.2, 0) is 11.4 Å². The number of methoxy groups -OCH3 is 1. The summed E-state index contributed by atoms with van der Waals surface area (Å²) in [7, 11) is 1.55. The maximum Gasteiger partial charge on any atom is 0.266 e. The van der Waals surface area contributed by atoms with Gasteiger partial charge in [-0.3, -0.25) is 4.79 Å². The first-order chi connectivity index (χ1) is 17.0. The van der Waals surface area contributed by atoms with Crippen LogP contribution < -0.4 is 14.8 Å². The van der Waals surface area contributed by atoms with Crippen molar-refractivity contribution in [3.05, 3.63) is 106 Å². The van der Waals surface area contributed by atoms with E-state index >= 15 is 0 Å². The van der Waals surface area contributed by atoms with E-state index in [1.54, 1.807) is 37.4 Å². The van der Waals surface area contributed by atoms with Crippen LogP contribution in [0.1, 0.15) is 16.7 Å². The second kappa shape index (κ2) is 10.8. The highest BCUT2D eigenvalue weighted by atomic mass is 35.5. The second-order valence-electron chi connectivity index (χ2n) is 7.89. The highest BCUT2D eigenvalue weighted by Gasteiger charge is 2.14. The number of rotatable bonds is 7. The Morgan fingerprint density at radius 2 is 1.80 bits per heavy atom. The average Bonchev–Trinajstić information content (AvgIpc) is 2.88. The van der Waals surface area contributed by atoms with Crippen LogP contribution in [0, 0.1) is 18.3 Å². The van der Waals surface area contributed by atoms with Crippen LogP contribution in [-0.4, -0.2) is 13.0 Å². The highest BCUT2D eigenvalue weighted by molar-refractivity contribution is 6.34. The fourth-order valence-corrected chi connectivity index (χ4v) is 4.02. The van der Waals surface area contributed by atoms with E-state index in [9.17, 15) is 10.1 Å². The van der Waals surface area contributed by atoms with Crippen molar-refractivity contribution in [3.63, 3.8) is 0 Å². The second-order valence-corrected chi connectivity index (χ2v) is 8.30. The van der Waals surface area contributed by atoms with Crippen LogP contribution in [0.25, 0.3) is 16.8 Å². The van der Waals surface area contributed by atoms with Crippen molar-refractivity contribution < 1.29 is 14.3 Å². The van der Waals surface area contributed by atoms with E-state index < -0.39 is 5.91 Å². The number of amides is 1. The van der Waals surface area contributed by atoms with Crippen LogP contribution in [0.15, 0.2) is 84.4 Å². The Kier molecular flexibility index (Phi) is 7.35. The monoisotopic (exact) mass is 482 g/mol. The number of benzene rings is 4. The number of aryl methyl sites for hydroxylation is 1. The molecule has 4 aromatic rings. The molecule has 174 valence electrons. The van der Waals surface area contributed by atoms with Gasteiger partial charge in [0.15, 0.2) is 11.5 Å². The summed E-state index contributed by atoms with van der Waals surface area (Å²) < 4.78 is 11.6. The number of carbonyl (C=O) groups is 1. The van der Waals surface area contributed by atoms with Crippen molar-refractivity contribution in [2.24, 2.45) is 0 Å². The predicted molar refractivity (Wildman–Crippen MR) is 140 cm³/mol. The first kappa shape index (κ1) is 23.9. The molecule has 0 heterocycles. The third-order valence-corrected chi connectivity index (χ3v) is 5.90. The molecule has 5 nitrogen and oxygen atoms in total. The number of anilines is 1. The van der Waals surface area contributed by atoms with Crippen LogP contribution in [0.2, 0.25) is 5.02 Å².